The zero-order valence-corrected chi connectivity index (χ0v) is 12.9. The summed E-state index contributed by atoms with van der Waals surface area (Å²) >= 11 is 0. The zero-order valence-electron chi connectivity index (χ0n) is 12.9. The molecule has 1 saturated carbocycles. The zero-order chi connectivity index (χ0) is 14.9. The van der Waals surface area contributed by atoms with E-state index in [1.165, 1.54) is 0 Å². The first-order valence-electron chi connectivity index (χ1n) is 7.34. The lowest BCUT2D eigenvalue weighted by atomic mass is 9.61. The summed E-state index contributed by atoms with van der Waals surface area (Å²) in [6.07, 6.45) is 3.54. The minimum atomic E-state index is -0.0613. The van der Waals surface area contributed by atoms with E-state index in [1.54, 1.807) is 10.9 Å². The van der Waals surface area contributed by atoms with Crippen LogP contribution in [-0.2, 0) is 18.4 Å². The smallest absolute Gasteiger partial charge is 0.223 e. The maximum absolute atomic E-state index is 12.5. The van der Waals surface area contributed by atoms with E-state index in [9.17, 15) is 4.79 Å². The SMILES string of the molecule is CC1C(N)CCC(C(=O)NCc2ccnn2C)C1(C)C. The Balaban J connectivity index is 2.00. The lowest BCUT2D eigenvalue weighted by molar-refractivity contribution is -0.132. The maximum Gasteiger partial charge on any atom is 0.223 e. The number of nitrogens with one attached hydrogen (secondary N) is 1. The van der Waals surface area contributed by atoms with Crippen molar-refractivity contribution in [1.29, 1.82) is 0 Å². The van der Waals surface area contributed by atoms with Gasteiger partial charge in [0.15, 0.2) is 0 Å². The molecule has 0 aliphatic heterocycles. The van der Waals surface area contributed by atoms with Gasteiger partial charge in [-0.05, 0) is 30.2 Å². The standard InChI is InChI=1S/C15H26N4O/c1-10-13(16)6-5-12(15(10,2)3)14(20)17-9-11-7-8-18-19(11)4/h7-8,10,12-13H,5-6,9,16H2,1-4H3,(H,17,20). The van der Waals surface area contributed by atoms with Gasteiger partial charge in [0.2, 0.25) is 5.91 Å². The number of amides is 1. The number of hydrogen-bond donors (Lipinski definition) is 2. The molecule has 1 aromatic heterocycles. The topological polar surface area (TPSA) is 72.9 Å². The normalized spacial score (nSPS) is 29.1. The Bertz CT molecular complexity index is 480. The molecule has 20 heavy (non-hydrogen) atoms. The van der Waals surface area contributed by atoms with Gasteiger partial charge in [-0.15, -0.1) is 0 Å². The van der Waals surface area contributed by atoms with Gasteiger partial charge in [-0.25, -0.2) is 0 Å². The first-order chi connectivity index (χ1) is 9.34. The average molecular weight is 278 g/mol. The molecule has 5 heteroatoms. The van der Waals surface area contributed by atoms with Gasteiger partial charge in [0.1, 0.15) is 0 Å². The van der Waals surface area contributed by atoms with Gasteiger partial charge in [-0.2, -0.15) is 5.10 Å². The molecule has 3 N–H and O–H groups in total. The van der Waals surface area contributed by atoms with Crippen molar-refractivity contribution in [2.75, 3.05) is 0 Å². The number of carbonyl (C=O) groups is 1. The highest BCUT2D eigenvalue weighted by molar-refractivity contribution is 5.79. The Hall–Kier alpha value is -1.36. The average Bonchev–Trinajstić information content (AvgIpc) is 2.79. The molecule has 5 nitrogen and oxygen atoms in total. The summed E-state index contributed by atoms with van der Waals surface area (Å²) in [5, 5.41) is 7.15. The summed E-state index contributed by atoms with van der Waals surface area (Å²) < 4.78 is 1.78. The van der Waals surface area contributed by atoms with Gasteiger partial charge in [0.25, 0.3) is 0 Å². The molecule has 0 saturated heterocycles. The van der Waals surface area contributed by atoms with E-state index in [4.69, 9.17) is 5.73 Å². The molecule has 3 atom stereocenters. The summed E-state index contributed by atoms with van der Waals surface area (Å²) in [4.78, 5) is 12.5. The monoisotopic (exact) mass is 278 g/mol. The number of nitrogens with two attached hydrogens (primary N) is 1. The van der Waals surface area contributed by atoms with Crippen LogP contribution in [-0.4, -0.2) is 21.7 Å². The predicted molar refractivity (Wildman–Crippen MR) is 78.7 cm³/mol. The van der Waals surface area contributed by atoms with Gasteiger partial charge in [0, 0.05) is 25.2 Å². The van der Waals surface area contributed by atoms with Crippen molar-refractivity contribution in [3.63, 3.8) is 0 Å². The second-order valence-electron chi connectivity index (χ2n) is 6.57. The van der Waals surface area contributed by atoms with Crippen LogP contribution in [0.15, 0.2) is 12.3 Å². The quantitative estimate of drug-likeness (QED) is 0.878. The Morgan fingerprint density at radius 2 is 2.25 bits per heavy atom. The van der Waals surface area contributed by atoms with Crippen LogP contribution in [0, 0.1) is 17.3 Å². The molecule has 2 rings (SSSR count). The van der Waals surface area contributed by atoms with Crippen molar-refractivity contribution in [2.45, 2.75) is 46.2 Å². The first kappa shape index (κ1) is 15.0. The van der Waals surface area contributed by atoms with Crippen molar-refractivity contribution in [3.05, 3.63) is 18.0 Å². The van der Waals surface area contributed by atoms with Crippen LogP contribution in [0.25, 0.3) is 0 Å². The van der Waals surface area contributed by atoms with E-state index >= 15 is 0 Å². The second kappa shape index (κ2) is 5.56. The van der Waals surface area contributed by atoms with Gasteiger partial charge in [-0.3, -0.25) is 9.48 Å². The fraction of sp³-hybridized carbons (Fsp3) is 0.733. The molecule has 1 amide bonds. The van der Waals surface area contributed by atoms with E-state index in [1.807, 2.05) is 13.1 Å². The Morgan fingerprint density at radius 1 is 1.55 bits per heavy atom. The number of hydrogen-bond acceptors (Lipinski definition) is 3. The second-order valence-corrected chi connectivity index (χ2v) is 6.57. The Morgan fingerprint density at radius 3 is 2.85 bits per heavy atom. The van der Waals surface area contributed by atoms with Crippen LogP contribution in [0.3, 0.4) is 0 Å². The highest BCUT2D eigenvalue weighted by atomic mass is 16.1. The molecule has 3 unspecified atom stereocenters. The molecule has 1 heterocycles. The molecule has 1 aromatic rings. The summed E-state index contributed by atoms with van der Waals surface area (Å²) in [7, 11) is 1.88. The molecule has 1 fully saturated rings. The number of aromatic nitrogens is 2. The van der Waals surface area contributed by atoms with Crippen molar-refractivity contribution in [2.24, 2.45) is 30.0 Å². The fourth-order valence-electron chi connectivity index (χ4n) is 3.19. The van der Waals surface area contributed by atoms with Gasteiger partial charge >= 0.3 is 0 Å². The molecule has 0 bridgehead atoms. The summed E-state index contributed by atoms with van der Waals surface area (Å²) in [6, 6.07) is 2.12. The third-order valence-electron chi connectivity index (χ3n) is 5.19. The molecule has 1 aliphatic carbocycles. The summed E-state index contributed by atoms with van der Waals surface area (Å²) in [5.41, 5.74) is 7.09. The van der Waals surface area contributed by atoms with E-state index in [0.717, 1.165) is 18.5 Å². The van der Waals surface area contributed by atoms with E-state index in [0.29, 0.717) is 12.5 Å². The minimum absolute atomic E-state index is 0.0329. The largest absolute Gasteiger partial charge is 0.350 e. The Labute approximate surface area is 120 Å². The molecular weight excluding hydrogens is 252 g/mol. The number of rotatable bonds is 3. The molecule has 1 aliphatic rings. The van der Waals surface area contributed by atoms with Crippen LogP contribution >= 0.6 is 0 Å². The van der Waals surface area contributed by atoms with Gasteiger partial charge in [-0.1, -0.05) is 20.8 Å². The van der Waals surface area contributed by atoms with Crippen LogP contribution in [0.4, 0.5) is 0 Å². The van der Waals surface area contributed by atoms with Crippen LogP contribution < -0.4 is 11.1 Å². The van der Waals surface area contributed by atoms with Gasteiger partial charge in [0.05, 0.1) is 12.2 Å². The third-order valence-corrected chi connectivity index (χ3v) is 5.19. The van der Waals surface area contributed by atoms with Crippen molar-refractivity contribution in [1.82, 2.24) is 15.1 Å². The minimum Gasteiger partial charge on any atom is -0.350 e. The van der Waals surface area contributed by atoms with E-state index < -0.39 is 0 Å². The lowest BCUT2D eigenvalue weighted by Crippen LogP contribution is -2.51. The molecule has 112 valence electrons. The van der Waals surface area contributed by atoms with Crippen molar-refractivity contribution >= 4 is 5.91 Å². The van der Waals surface area contributed by atoms with E-state index in [2.05, 4.69) is 31.2 Å². The van der Waals surface area contributed by atoms with Crippen LogP contribution in [0.2, 0.25) is 0 Å². The van der Waals surface area contributed by atoms with Crippen molar-refractivity contribution in [3.8, 4) is 0 Å². The highest BCUT2D eigenvalue weighted by Crippen LogP contribution is 2.44. The number of aryl methyl sites for hydroxylation is 1. The maximum atomic E-state index is 12.5. The van der Waals surface area contributed by atoms with Crippen molar-refractivity contribution < 1.29 is 4.79 Å². The number of nitrogens with zero attached hydrogens (tertiary/aromatic N) is 2. The van der Waals surface area contributed by atoms with E-state index in [-0.39, 0.29) is 23.3 Å². The summed E-state index contributed by atoms with van der Waals surface area (Å²) in [5.74, 6) is 0.518. The fourth-order valence-corrected chi connectivity index (χ4v) is 3.19. The summed E-state index contributed by atoms with van der Waals surface area (Å²) in [6.45, 7) is 7.00. The van der Waals surface area contributed by atoms with Crippen LogP contribution in [0.1, 0.15) is 39.3 Å². The third kappa shape index (κ3) is 2.73. The molecule has 0 spiro atoms. The molecule has 0 aromatic carbocycles. The predicted octanol–water partition coefficient (Wildman–Crippen LogP) is 1.44. The number of carbonyl (C=O) groups excluding carboxylic acids is 1. The Kier molecular flexibility index (Phi) is 4.18. The van der Waals surface area contributed by atoms with Gasteiger partial charge < -0.3 is 11.1 Å². The first-order valence-corrected chi connectivity index (χ1v) is 7.34. The van der Waals surface area contributed by atoms with Crippen LogP contribution in [0.5, 0.6) is 0 Å². The highest BCUT2D eigenvalue weighted by Gasteiger charge is 2.44. The molecular formula is C15H26N4O. The lowest BCUT2D eigenvalue weighted by Gasteiger charge is -2.46. The molecule has 0 radical (unpaired) electrons.